The van der Waals surface area contributed by atoms with Crippen molar-refractivity contribution in [3.8, 4) is 6.07 Å². The molecule has 5 nitrogen and oxygen atoms in total. The molecule has 0 aliphatic carbocycles. The standard InChI is InChI=1S/C11H5BrN2O3S2/c12-7-2-1-3-9(4-7)19(17)10-5-8(6-13)18-11(10)14(15)16/h1-5H. The molecule has 0 bridgehead atoms. The van der Waals surface area contributed by atoms with Crippen molar-refractivity contribution in [2.45, 2.75) is 9.79 Å². The monoisotopic (exact) mass is 356 g/mol. The Labute approximate surface area is 124 Å². The Morgan fingerprint density at radius 2 is 2.16 bits per heavy atom. The van der Waals surface area contributed by atoms with Crippen molar-refractivity contribution in [1.29, 1.82) is 5.26 Å². The third kappa shape index (κ3) is 2.96. The van der Waals surface area contributed by atoms with Crippen LogP contribution >= 0.6 is 27.3 Å². The van der Waals surface area contributed by atoms with Crippen LogP contribution in [0.1, 0.15) is 4.88 Å². The zero-order valence-corrected chi connectivity index (χ0v) is 12.4. The minimum absolute atomic E-state index is 0.0599. The van der Waals surface area contributed by atoms with Crippen LogP contribution in [0.4, 0.5) is 5.00 Å². The van der Waals surface area contributed by atoms with E-state index >= 15 is 0 Å². The molecule has 19 heavy (non-hydrogen) atoms. The fourth-order valence-electron chi connectivity index (χ4n) is 1.39. The summed E-state index contributed by atoms with van der Waals surface area (Å²) in [6.45, 7) is 0. The molecular formula is C11H5BrN2O3S2. The average Bonchev–Trinajstić information content (AvgIpc) is 2.82. The van der Waals surface area contributed by atoms with E-state index in [4.69, 9.17) is 5.26 Å². The average molecular weight is 357 g/mol. The molecule has 0 amide bonds. The van der Waals surface area contributed by atoms with Gasteiger partial charge in [0.05, 0.1) is 4.92 Å². The first kappa shape index (κ1) is 14.0. The maximum Gasteiger partial charge on any atom is 0.380 e. The van der Waals surface area contributed by atoms with E-state index < -0.39 is 16.1 Å². The highest BCUT2D eigenvalue weighted by molar-refractivity contribution is 9.10. The molecule has 96 valence electrons. The zero-order chi connectivity index (χ0) is 14.0. The minimum atomic E-state index is -1.68. The van der Waals surface area contributed by atoms with Gasteiger partial charge >= 0.3 is 5.00 Å². The quantitative estimate of drug-likeness (QED) is 0.478. The molecule has 0 N–H and O–H groups in total. The number of thiophene rings is 1. The maximum atomic E-state index is 12.3. The molecule has 0 radical (unpaired) electrons. The number of hydrogen-bond donors (Lipinski definition) is 0. The lowest BCUT2D eigenvalue weighted by Crippen LogP contribution is -2.03. The summed E-state index contributed by atoms with van der Waals surface area (Å²) in [5.41, 5.74) is 0. The predicted molar refractivity (Wildman–Crippen MR) is 74.5 cm³/mol. The molecule has 2 aromatic rings. The van der Waals surface area contributed by atoms with Crippen LogP contribution in [0.5, 0.6) is 0 Å². The van der Waals surface area contributed by atoms with Crippen molar-refractivity contribution in [3.63, 3.8) is 0 Å². The van der Waals surface area contributed by atoms with E-state index in [1.807, 2.05) is 6.07 Å². The van der Waals surface area contributed by atoms with Gasteiger partial charge in [-0.05, 0) is 23.5 Å². The maximum absolute atomic E-state index is 12.3. The lowest BCUT2D eigenvalue weighted by Gasteiger charge is -2.07. The highest BCUT2D eigenvalue weighted by Gasteiger charge is 2.30. The molecule has 0 spiro atoms. The van der Waals surface area contributed by atoms with E-state index in [0.29, 0.717) is 4.90 Å². The van der Waals surface area contributed by atoms with Gasteiger partial charge in [-0.25, -0.2) is 0 Å². The van der Waals surface area contributed by atoms with Gasteiger partial charge in [0.25, 0.3) is 0 Å². The van der Waals surface area contributed by atoms with Gasteiger partial charge < -0.3 is 4.55 Å². The van der Waals surface area contributed by atoms with Crippen molar-refractivity contribution in [1.82, 2.24) is 0 Å². The van der Waals surface area contributed by atoms with Gasteiger partial charge in [0.2, 0.25) is 4.90 Å². The van der Waals surface area contributed by atoms with Gasteiger partial charge in [-0.2, -0.15) is 5.26 Å². The fraction of sp³-hybridized carbons (Fsp3) is 0. The van der Waals surface area contributed by atoms with Crippen molar-refractivity contribution in [3.05, 3.63) is 49.8 Å². The van der Waals surface area contributed by atoms with Crippen LogP contribution in [0.15, 0.2) is 44.6 Å². The lowest BCUT2D eigenvalue weighted by molar-refractivity contribution is -0.383. The molecular weight excluding hydrogens is 352 g/mol. The molecule has 0 saturated heterocycles. The second-order valence-corrected chi connectivity index (χ2v) is 6.77. The summed E-state index contributed by atoms with van der Waals surface area (Å²) in [6.07, 6.45) is 0. The molecule has 8 heteroatoms. The molecule has 0 fully saturated rings. The third-order valence-electron chi connectivity index (χ3n) is 2.17. The molecule has 1 aromatic carbocycles. The van der Waals surface area contributed by atoms with Crippen molar-refractivity contribution in [2.24, 2.45) is 0 Å². The highest BCUT2D eigenvalue weighted by Crippen LogP contribution is 2.36. The minimum Gasteiger partial charge on any atom is -0.606 e. The summed E-state index contributed by atoms with van der Waals surface area (Å²) >= 11 is 2.30. The Morgan fingerprint density at radius 3 is 2.74 bits per heavy atom. The summed E-state index contributed by atoms with van der Waals surface area (Å²) in [7, 11) is 0. The predicted octanol–water partition coefficient (Wildman–Crippen LogP) is 3.46. The van der Waals surface area contributed by atoms with Gasteiger partial charge in [0, 0.05) is 27.8 Å². The first-order chi connectivity index (χ1) is 9.02. The first-order valence-electron chi connectivity index (χ1n) is 4.88. The van der Waals surface area contributed by atoms with Crippen LogP contribution < -0.4 is 0 Å². The largest absolute Gasteiger partial charge is 0.606 e. The summed E-state index contributed by atoms with van der Waals surface area (Å²) in [4.78, 5) is 11.0. The van der Waals surface area contributed by atoms with Crippen LogP contribution in [0, 0.1) is 21.4 Å². The van der Waals surface area contributed by atoms with Crippen molar-refractivity contribution >= 4 is 43.4 Å². The van der Waals surface area contributed by atoms with Crippen molar-refractivity contribution < 1.29 is 9.48 Å². The van der Waals surface area contributed by atoms with E-state index in [-0.39, 0.29) is 14.8 Å². The molecule has 0 aliphatic rings. The number of nitrogens with zero attached hydrogens (tertiary/aromatic N) is 2. The van der Waals surface area contributed by atoms with Crippen molar-refractivity contribution in [2.75, 3.05) is 0 Å². The van der Waals surface area contributed by atoms with E-state index in [1.54, 1.807) is 24.3 Å². The SMILES string of the molecule is N#Cc1cc([S+]([O-])c2cccc(Br)c2)c([N+](=O)[O-])s1. The van der Waals surface area contributed by atoms with Crippen LogP contribution in [0.25, 0.3) is 0 Å². The molecule has 0 aliphatic heterocycles. The summed E-state index contributed by atoms with van der Waals surface area (Å²) in [5.74, 6) is 0. The van der Waals surface area contributed by atoms with E-state index in [0.717, 1.165) is 15.8 Å². The second kappa shape index (κ2) is 5.71. The van der Waals surface area contributed by atoms with E-state index in [2.05, 4.69) is 15.9 Å². The first-order valence-corrected chi connectivity index (χ1v) is 7.64. The molecule has 1 atom stereocenters. The Bertz CT molecular complexity index is 681. The number of nitriles is 1. The number of nitro groups is 1. The highest BCUT2D eigenvalue weighted by atomic mass is 79.9. The van der Waals surface area contributed by atoms with E-state index in [1.165, 1.54) is 6.07 Å². The molecule has 1 heterocycles. The molecule has 1 unspecified atom stereocenters. The van der Waals surface area contributed by atoms with Gasteiger partial charge in [0.1, 0.15) is 10.9 Å². The summed E-state index contributed by atoms with van der Waals surface area (Å²) in [6, 6.07) is 9.85. The summed E-state index contributed by atoms with van der Waals surface area (Å²) < 4.78 is 13.1. The Kier molecular flexibility index (Phi) is 4.21. The molecule has 0 saturated carbocycles. The van der Waals surface area contributed by atoms with Crippen LogP contribution in [0.3, 0.4) is 0 Å². The smallest absolute Gasteiger partial charge is 0.380 e. The Morgan fingerprint density at radius 1 is 1.42 bits per heavy atom. The second-order valence-electron chi connectivity index (χ2n) is 3.38. The normalized spacial score (nSPS) is 11.8. The van der Waals surface area contributed by atoms with Crippen LogP contribution in [0.2, 0.25) is 0 Å². The number of halogens is 1. The Hall–Kier alpha value is -1.40. The summed E-state index contributed by atoms with van der Waals surface area (Å²) in [5, 5.41) is 19.4. The topological polar surface area (TPSA) is 90.0 Å². The molecule has 1 aromatic heterocycles. The van der Waals surface area contributed by atoms with Crippen LogP contribution in [-0.2, 0) is 11.2 Å². The van der Waals surface area contributed by atoms with Crippen LogP contribution in [-0.4, -0.2) is 9.48 Å². The van der Waals surface area contributed by atoms with Gasteiger partial charge in [-0.3, -0.25) is 10.1 Å². The van der Waals surface area contributed by atoms with Gasteiger partial charge in [-0.15, -0.1) is 0 Å². The zero-order valence-electron chi connectivity index (χ0n) is 9.20. The third-order valence-corrected chi connectivity index (χ3v) is 5.17. The Balaban J connectivity index is 2.49. The number of hydrogen-bond acceptors (Lipinski definition) is 5. The fourth-order valence-corrected chi connectivity index (χ4v) is 4.18. The van der Waals surface area contributed by atoms with Gasteiger partial charge in [-0.1, -0.05) is 22.0 Å². The van der Waals surface area contributed by atoms with E-state index in [9.17, 15) is 14.7 Å². The molecule has 2 rings (SSSR count). The van der Waals surface area contributed by atoms with Gasteiger partial charge in [0.15, 0.2) is 4.90 Å². The lowest BCUT2D eigenvalue weighted by atomic mass is 10.4. The number of rotatable bonds is 3. The number of benzene rings is 1.